The molecule has 0 unspecified atom stereocenters. The summed E-state index contributed by atoms with van der Waals surface area (Å²) in [4.78, 5) is 49.8. The van der Waals surface area contributed by atoms with Gasteiger partial charge in [-0.2, -0.15) is 0 Å². The lowest BCUT2D eigenvalue weighted by Gasteiger charge is -2.24. The number of hydrogen-bond acceptors (Lipinski definition) is 4. The normalized spacial score (nSPS) is 10.4. The van der Waals surface area contributed by atoms with Gasteiger partial charge in [-0.3, -0.25) is 19.4 Å². The van der Waals surface area contributed by atoms with Crippen molar-refractivity contribution in [3.8, 4) is 0 Å². The van der Waals surface area contributed by atoms with E-state index in [9.17, 15) is 19.2 Å². The summed E-state index contributed by atoms with van der Waals surface area (Å²) in [6, 6.07) is 0.539. The van der Waals surface area contributed by atoms with Crippen molar-refractivity contribution in [1.82, 2.24) is 14.9 Å². The van der Waals surface area contributed by atoms with Crippen LogP contribution in [0.3, 0.4) is 0 Å². The summed E-state index contributed by atoms with van der Waals surface area (Å²) >= 11 is 0. The van der Waals surface area contributed by atoms with E-state index in [1.54, 1.807) is 13.8 Å². The van der Waals surface area contributed by atoms with Crippen LogP contribution in [0.15, 0.2) is 15.7 Å². The van der Waals surface area contributed by atoms with E-state index in [4.69, 9.17) is 5.11 Å². The fourth-order valence-corrected chi connectivity index (χ4v) is 1.37. The van der Waals surface area contributed by atoms with Crippen LogP contribution < -0.4 is 11.2 Å². The number of H-pyrrole nitrogens is 2. The topological polar surface area (TPSA) is 123 Å². The largest absolute Gasteiger partial charge is 0.480 e. The van der Waals surface area contributed by atoms with Crippen molar-refractivity contribution in [2.75, 3.05) is 6.54 Å². The van der Waals surface area contributed by atoms with Gasteiger partial charge in [0, 0.05) is 12.1 Å². The van der Waals surface area contributed by atoms with Gasteiger partial charge in [-0.25, -0.2) is 4.79 Å². The summed E-state index contributed by atoms with van der Waals surface area (Å²) in [6.07, 6.45) is 0. The molecule has 0 radical (unpaired) electrons. The second-order valence-electron chi connectivity index (χ2n) is 3.92. The second-order valence-corrected chi connectivity index (χ2v) is 3.92. The summed E-state index contributed by atoms with van der Waals surface area (Å²) in [7, 11) is 0. The number of aromatic amines is 2. The molecule has 98 valence electrons. The highest BCUT2D eigenvalue weighted by Crippen LogP contribution is 2.03. The van der Waals surface area contributed by atoms with Gasteiger partial charge in [0.15, 0.2) is 0 Å². The molecule has 0 spiro atoms. The molecule has 0 fully saturated rings. The Morgan fingerprint density at radius 2 is 1.94 bits per heavy atom. The number of aliphatic carboxylic acids is 1. The van der Waals surface area contributed by atoms with E-state index >= 15 is 0 Å². The van der Waals surface area contributed by atoms with Crippen LogP contribution in [-0.2, 0) is 4.79 Å². The number of nitrogens with one attached hydrogen (secondary N) is 2. The maximum absolute atomic E-state index is 12.0. The van der Waals surface area contributed by atoms with Gasteiger partial charge in [0.2, 0.25) is 0 Å². The lowest BCUT2D eigenvalue weighted by molar-refractivity contribution is -0.138. The quantitative estimate of drug-likeness (QED) is 0.636. The average Bonchev–Trinajstić information content (AvgIpc) is 2.23. The van der Waals surface area contributed by atoms with Crippen molar-refractivity contribution in [2.24, 2.45) is 0 Å². The summed E-state index contributed by atoms with van der Waals surface area (Å²) < 4.78 is 0. The van der Waals surface area contributed by atoms with Crippen molar-refractivity contribution in [3.05, 3.63) is 32.6 Å². The number of rotatable bonds is 4. The number of aromatic nitrogens is 2. The van der Waals surface area contributed by atoms with Crippen LogP contribution in [0.5, 0.6) is 0 Å². The van der Waals surface area contributed by atoms with Gasteiger partial charge in [0.1, 0.15) is 12.2 Å². The van der Waals surface area contributed by atoms with E-state index in [-0.39, 0.29) is 11.7 Å². The maximum atomic E-state index is 12.0. The molecule has 8 nitrogen and oxygen atoms in total. The highest BCUT2D eigenvalue weighted by atomic mass is 16.4. The van der Waals surface area contributed by atoms with E-state index in [1.165, 1.54) is 0 Å². The molecule has 0 aliphatic rings. The lowest BCUT2D eigenvalue weighted by atomic mass is 10.2. The van der Waals surface area contributed by atoms with Gasteiger partial charge < -0.3 is 15.0 Å². The first-order valence-corrected chi connectivity index (χ1v) is 5.17. The van der Waals surface area contributed by atoms with Gasteiger partial charge in [-0.05, 0) is 13.8 Å². The Kier molecular flexibility index (Phi) is 4.03. The Morgan fingerprint density at radius 3 is 2.39 bits per heavy atom. The molecule has 1 heterocycles. The predicted octanol–water partition coefficient (Wildman–Crippen LogP) is -1.00. The monoisotopic (exact) mass is 255 g/mol. The van der Waals surface area contributed by atoms with Crippen LogP contribution in [0.2, 0.25) is 0 Å². The van der Waals surface area contributed by atoms with Gasteiger partial charge in [-0.1, -0.05) is 0 Å². The SMILES string of the molecule is CC(C)N(CC(=O)O)C(=O)c1cc(=O)[nH]c(=O)[nH]1. The zero-order chi connectivity index (χ0) is 13.9. The van der Waals surface area contributed by atoms with E-state index < -0.39 is 29.7 Å². The van der Waals surface area contributed by atoms with Crippen LogP contribution >= 0.6 is 0 Å². The van der Waals surface area contributed by atoms with Crippen molar-refractivity contribution >= 4 is 11.9 Å². The zero-order valence-electron chi connectivity index (χ0n) is 9.89. The summed E-state index contributed by atoms with van der Waals surface area (Å²) in [6.45, 7) is 2.75. The highest BCUT2D eigenvalue weighted by molar-refractivity contribution is 5.94. The predicted molar refractivity (Wildman–Crippen MR) is 61.5 cm³/mol. The molecule has 8 heteroatoms. The molecule has 1 rings (SSSR count). The molecule has 3 N–H and O–H groups in total. The van der Waals surface area contributed by atoms with Gasteiger partial charge in [0.05, 0.1) is 0 Å². The average molecular weight is 255 g/mol. The third-order valence-corrected chi connectivity index (χ3v) is 2.18. The van der Waals surface area contributed by atoms with Gasteiger partial charge >= 0.3 is 11.7 Å². The number of carboxylic acid groups (broad SMARTS) is 1. The summed E-state index contributed by atoms with van der Waals surface area (Å²) in [5, 5.41) is 8.70. The van der Waals surface area contributed by atoms with Crippen LogP contribution in [0, 0.1) is 0 Å². The summed E-state index contributed by atoms with van der Waals surface area (Å²) in [5.74, 6) is -1.89. The molecule has 0 atom stereocenters. The number of carbonyl (C=O) groups is 2. The molecule has 1 aromatic rings. The van der Waals surface area contributed by atoms with Crippen LogP contribution in [-0.4, -0.2) is 44.4 Å². The minimum atomic E-state index is -1.18. The Hall–Kier alpha value is -2.38. The minimum Gasteiger partial charge on any atom is -0.480 e. The van der Waals surface area contributed by atoms with Gasteiger partial charge in [-0.15, -0.1) is 0 Å². The lowest BCUT2D eigenvalue weighted by Crippen LogP contribution is -2.42. The van der Waals surface area contributed by atoms with Crippen molar-refractivity contribution < 1.29 is 14.7 Å². The fourth-order valence-electron chi connectivity index (χ4n) is 1.37. The van der Waals surface area contributed by atoms with Crippen LogP contribution in [0.25, 0.3) is 0 Å². The van der Waals surface area contributed by atoms with Crippen molar-refractivity contribution in [3.63, 3.8) is 0 Å². The molecule has 0 aliphatic carbocycles. The molecule has 0 aliphatic heterocycles. The van der Waals surface area contributed by atoms with E-state index in [0.29, 0.717) is 0 Å². The van der Waals surface area contributed by atoms with Crippen molar-refractivity contribution in [2.45, 2.75) is 19.9 Å². The first-order chi connectivity index (χ1) is 8.31. The Morgan fingerprint density at radius 1 is 1.33 bits per heavy atom. The molecule has 1 amide bonds. The van der Waals surface area contributed by atoms with Crippen molar-refractivity contribution in [1.29, 1.82) is 0 Å². The third-order valence-electron chi connectivity index (χ3n) is 2.18. The molecule has 0 saturated carbocycles. The van der Waals surface area contributed by atoms with Crippen LogP contribution in [0.1, 0.15) is 24.3 Å². The smallest absolute Gasteiger partial charge is 0.326 e. The molecular formula is C10H13N3O5. The third kappa shape index (κ3) is 3.30. The molecule has 0 bridgehead atoms. The molecule has 0 aromatic carbocycles. The highest BCUT2D eigenvalue weighted by Gasteiger charge is 2.22. The first kappa shape index (κ1) is 13.7. The Bertz CT molecular complexity index is 543. The standard InChI is InChI=1S/C10H13N3O5/c1-5(2)13(4-8(15)16)9(17)6-3-7(14)12-10(18)11-6/h3,5H,4H2,1-2H3,(H,15,16)(H2,11,12,14,18). The minimum absolute atomic E-state index is 0.237. The van der Waals surface area contributed by atoms with E-state index in [0.717, 1.165) is 11.0 Å². The Balaban J connectivity index is 3.13. The number of nitrogens with zero attached hydrogens (tertiary/aromatic N) is 1. The fraction of sp³-hybridized carbons (Fsp3) is 0.400. The summed E-state index contributed by atoms with van der Waals surface area (Å²) in [5.41, 5.74) is -1.77. The first-order valence-electron chi connectivity index (χ1n) is 5.17. The van der Waals surface area contributed by atoms with E-state index in [1.807, 2.05) is 4.98 Å². The van der Waals surface area contributed by atoms with Crippen LogP contribution in [0.4, 0.5) is 0 Å². The Labute approximate surface area is 101 Å². The van der Waals surface area contributed by atoms with Gasteiger partial charge in [0.25, 0.3) is 11.5 Å². The number of amides is 1. The number of carboxylic acids is 1. The second kappa shape index (κ2) is 5.30. The van der Waals surface area contributed by atoms with E-state index in [2.05, 4.69) is 4.98 Å². The maximum Gasteiger partial charge on any atom is 0.326 e. The molecular weight excluding hydrogens is 242 g/mol. The molecule has 1 aromatic heterocycles. The number of hydrogen-bond donors (Lipinski definition) is 3. The molecule has 18 heavy (non-hydrogen) atoms. The number of carbonyl (C=O) groups excluding carboxylic acids is 1. The molecule has 0 saturated heterocycles. The zero-order valence-corrected chi connectivity index (χ0v) is 9.89.